The molecule has 0 fully saturated rings. The molecule has 0 aliphatic carbocycles. The van der Waals surface area contributed by atoms with E-state index in [0.717, 1.165) is 0 Å². The molecule has 1 aromatic heterocycles. The summed E-state index contributed by atoms with van der Waals surface area (Å²) in [6, 6.07) is 6.03. The van der Waals surface area contributed by atoms with Crippen LogP contribution in [0.15, 0.2) is 30.5 Å². The van der Waals surface area contributed by atoms with E-state index in [1.807, 2.05) is 0 Å². The molecule has 5 nitrogen and oxygen atoms in total. The highest BCUT2D eigenvalue weighted by Gasteiger charge is 2.14. The fourth-order valence-corrected chi connectivity index (χ4v) is 1.93. The van der Waals surface area contributed by atoms with Gasteiger partial charge in [0.1, 0.15) is 12.3 Å². The molecule has 0 unspecified atom stereocenters. The minimum absolute atomic E-state index is 0.00565. The number of rotatable bonds is 6. The summed E-state index contributed by atoms with van der Waals surface area (Å²) in [6.45, 7) is -0.315. The van der Waals surface area contributed by atoms with Gasteiger partial charge in [0.25, 0.3) is 0 Å². The zero-order valence-electron chi connectivity index (χ0n) is 11.8. The molecule has 0 saturated carbocycles. The van der Waals surface area contributed by atoms with E-state index in [1.165, 1.54) is 26.4 Å². The topological polar surface area (TPSA) is 60.8 Å². The largest absolute Gasteiger partial charge is 0.493 e. The van der Waals surface area contributed by atoms with Crippen LogP contribution in [0.2, 0.25) is 0 Å². The predicted octanol–water partition coefficient (Wildman–Crippen LogP) is 2.31. The Bertz CT molecular complexity index is 619. The first kappa shape index (κ1) is 15.1. The van der Waals surface area contributed by atoms with E-state index >= 15 is 0 Å². The minimum Gasteiger partial charge on any atom is -0.493 e. The van der Waals surface area contributed by atoms with Crippen molar-refractivity contribution in [2.75, 3.05) is 14.2 Å². The Morgan fingerprint density at radius 1 is 1.14 bits per heavy atom. The van der Waals surface area contributed by atoms with Crippen LogP contribution in [0.3, 0.4) is 0 Å². The number of aliphatic hydroxyl groups is 1. The first-order valence-electron chi connectivity index (χ1n) is 6.28. The summed E-state index contributed by atoms with van der Waals surface area (Å²) in [5.74, 6) is 0.416. The predicted molar refractivity (Wildman–Crippen MR) is 74.0 cm³/mol. The number of aliphatic hydroxyl groups excluding tert-OH is 1. The number of hydrogen-bond donors (Lipinski definition) is 1. The average Bonchev–Trinajstić information content (AvgIpc) is 2.52. The third kappa shape index (κ3) is 3.22. The molecular weight excluding hydrogens is 277 g/mol. The van der Waals surface area contributed by atoms with E-state index in [1.54, 1.807) is 18.3 Å². The summed E-state index contributed by atoms with van der Waals surface area (Å²) >= 11 is 0. The fraction of sp³-hybridized carbons (Fsp3) is 0.267. The van der Waals surface area contributed by atoms with Crippen molar-refractivity contribution in [1.29, 1.82) is 0 Å². The van der Waals surface area contributed by atoms with Crippen LogP contribution in [0.4, 0.5) is 4.39 Å². The highest BCUT2D eigenvalue weighted by Crippen LogP contribution is 2.30. The fourth-order valence-electron chi connectivity index (χ4n) is 1.93. The molecule has 0 spiro atoms. The SMILES string of the molecule is COc1ccnc(COc2c(F)cccc2CO)c1OC. The second kappa shape index (κ2) is 6.90. The number of nitrogens with zero attached hydrogens (tertiary/aromatic N) is 1. The van der Waals surface area contributed by atoms with Crippen LogP contribution >= 0.6 is 0 Å². The highest BCUT2D eigenvalue weighted by molar-refractivity contribution is 5.43. The Hall–Kier alpha value is -2.34. The van der Waals surface area contributed by atoms with Gasteiger partial charge >= 0.3 is 0 Å². The van der Waals surface area contributed by atoms with Crippen molar-refractivity contribution in [3.05, 3.63) is 47.5 Å². The summed E-state index contributed by atoms with van der Waals surface area (Å²) in [4.78, 5) is 4.14. The second-order valence-electron chi connectivity index (χ2n) is 4.17. The smallest absolute Gasteiger partial charge is 0.185 e. The van der Waals surface area contributed by atoms with E-state index < -0.39 is 5.82 Å². The molecule has 0 amide bonds. The normalized spacial score (nSPS) is 10.3. The van der Waals surface area contributed by atoms with Gasteiger partial charge in [-0.15, -0.1) is 0 Å². The van der Waals surface area contributed by atoms with Crippen LogP contribution < -0.4 is 14.2 Å². The van der Waals surface area contributed by atoms with Gasteiger partial charge in [0, 0.05) is 17.8 Å². The van der Waals surface area contributed by atoms with Crippen LogP contribution in [-0.4, -0.2) is 24.3 Å². The summed E-state index contributed by atoms with van der Waals surface area (Å²) in [5.41, 5.74) is 0.848. The molecule has 0 aliphatic heterocycles. The molecule has 1 heterocycles. The van der Waals surface area contributed by atoms with Gasteiger partial charge in [0.2, 0.25) is 0 Å². The van der Waals surface area contributed by atoms with E-state index in [4.69, 9.17) is 14.2 Å². The molecule has 0 atom stereocenters. The van der Waals surface area contributed by atoms with Gasteiger partial charge in [0.05, 0.1) is 20.8 Å². The van der Waals surface area contributed by atoms with Gasteiger partial charge in [-0.2, -0.15) is 0 Å². The van der Waals surface area contributed by atoms with Gasteiger partial charge < -0.3 is 19.3 Å². The minimum atomic E-state index is -0.539. The Kier molecular flexibility index (Phi) is 4.94. The number of pyridine rings is 1. The van der Waals surface area contributed by atoms with Gasteiger partial charge in [-0.25, -0.2) is 4.39 Å². The maximum atomic E-state index is 13.8. The lowest BCUT2D eigenvalue weighted by Gasteiger charge is -2.14. The molecule has 0 aliphatic rings. The molecule has 1 N–H and O–H groups in total. The monoisotopic (exact) mass is 293 g/mol. The molecule has 0 radical (unpaired) electrons. The Morgan fingerprint density at radius 2 is 1.95 bits per heavy atom. The lowest BCUT2D eigenvalue weighted by atomic mass is 10.2. The van der Waals surface area contributed by atoms with Gasteiger partial charge in [-0.3, -0.25) is 4.98 Å². The van der Waals surface area contributed by atoms with Crippen LogP contribution in [0.5, 0.6) is 17.2 Å². The third-order valence-electron chi connectivity index (χ3n) is 2.94. The van der Waals surface area contributed by atoms with Crippen molar-refractivity contribution in [1.82, 2.24) is 4.98 Å². The van der Waals surface area contributed by atoms with Gasteiger partial charge in [-0.1, -0.05) is 12.1 Å². The number of halogens is 1. The molecule has 2 aromatic rings. The number of methoxy groups -OCH3 is 2. The van der Waals surface area contributed by atoms with E-state index in [2.05, 4.69) is 4.98 Å². The average molecular weight is 293 g/mol. The number of benzene rings is 1. The molecule has 0 bridgehead atoms. The van der Waals surface area contributed by atoms with Gasteiger partial charge in [0.15, 0.2) is 23.1 Å². The van der Waals surface area contributed by atoms with Crippen molar-refractivity contribution in [2.45, 2.75) is 13.2 Å². The summed E-state index contributed by atoms with van der Waals surface area (Å²) < 4.78 is 29.6. The highest BCUT2D eigenvalue weighted by atomic mass is 19.1. The number of aromatic nitrogens is 1. The Morgan fingerprint density at radius 3 is 2.62 bits per heavy atom. The van der Waals surface area contributed by atoms with Gasteiger partial charge in [-0.05, 0) is 6.07 Å². The van der Waals surface area contributed by atoms with Crippen LogP contribution in [0.25, 0.3) is 0 Å². The van der Waals surface area contributed by atoms with Crippen molar-refractivity contribution >= 4 is 0 Å². The summed E-state index contributed by atoms with van der Waals surface area (Å²) in [7, 11) is 3.01. The maximum Gasteiger partial charge on any atom is 0.185 e. The second-order valence-corrected chi connectivity index (χ2v) is 4.17. The zero-order chi connectivity index (χ0) is 15.2. The molecule has 112 valence electrons. The summed E-state index contributed by atoms with van der Waals surface area (Å²) in [6.07, 6.45) is 1.55. The molecule has 1 aromatic carbocycles. The maximum absolute atomic E-state index is 13.8. The van der Waals surface area contributed by atoms with E-state index in [0.29, 0.717) is 22.8 Å². The number of ether oxygens (including phenoxy) is 3. The number of para-hydroxylation sites is 1. The molecule has 0 saturated heterocycles. The van der Waals surface area contributed by atoms with Crippen molar-refractivity contribution in [2.24, 2.45) is 0 Å². The standard InChI is InChI=1S/C15H16FNO4/c1-19-13-6-7-17-12(15(13)20-2)9-21-14-10(8-18)4-3-5-11(14)16/h3-7,18H,8-9H2,1-2H3. The molecule has 2 rings (SSSR count). The number of hydrogen-bond acceptors (Lipinski definition) is 5. The molecule has 6 heteroatoms. The zero-order valence-corrected chi connectivity index (χ0v) is 11.8. The van der Waals surface area contributed by atoms with E-state index in [9.17, 15) is 9.50 Å². The Labute approximate surface area is 121 Å². The first-order valence-corrected chi connectivity index (χ1v) is 6.28. The van der Waals surface area contributed by atoms with Crippen LogP contribution in [0.1, 0.15) is 11.3 Å². The van der Waals surface area contributed by atoms with Crippen molar-refractivity contribution in [3.8, 4) is 17.2 Å². The van der Waals surface area contributed by atoms with Crippen molar-refractivity contribution < 1.29 is 23.7 Å². The van der Waals surface area contributed by atoms with Crippen LogP contribution in [-0.2, 0) is 13.2 Å². The molecule has 21 heavy (non-hydrogen) atoms. The van der Waals surface area contributed by atoms with E-state index in [-0.39, 0.29) is 19.0 Å². The lowest BCUT2D eigenvalue weighted by molar-refractivity contribution is 0.245. The first-order chi connectivity index (χ1) is 10.2. The third-order valence-corrected chi connectivity index (χ3v) is 2.94. The quantitative estimate of drug-likeness (QED) is 0.885. The van der Waals surface area contributed by atoms with Crippen LogP contribution in [0, 0.1) is 5.82 Å². The summed E-state index contributed by atoms with van der Waals surface area (Å²) in [5, 5.41) is 9.22. The Balaban J connectivity index is 2.25. The van der Waals surface area contributed by atoms with Crippen molar-refractivity contribution in [3.63, 3.8) is 0 Å². The molecular formula is C15H16FNO4. The lowest BCUT2D eigenvalue weighted by Crippen LogP contribution is -2.05.